The lowest BCUT2D eigenvalue weighted by Gasteiger charge is -2.35. The molecule has 3 N–H and O–H groups in total. The fourth-order valence-corrected chi connectivity index (χ4v) is 5.40. The Balaban J connectivity index is 1.64. The van der Waals surface area contributed by atoms with E-state index >= 15 is 0 Å². The Morgan fingerprint density at radius 3 is 2.93 bits per heavy atom. The van der Waals surface area contributed by atoms with Crippen LogP contribution in [-0.2, 0) is 18.3 Å². The Bertz CT molecular complexity index is 856. The van der Waals surface area contributed by atoms with Gasteiger partial charge < -0.3 is 16.0 Å². The summed E-state index contributed by atoms with van der Waals surface area (Å²) < 4.78 is 0. The third kappa shape index (κ3) is 2.67. The summed E-state index contributed by atoms with van der Waals surface area (Å²) in [5.41, 5.74) is 12.9. The number of nitrogens with one attached hydrogen (secondary N) is 1. The normalized spacial score (nSPS) is 22.9. The number of nitrogens with two attached hydrogens (primary N) is 1. The lowest BCUT2D eigenvalue weighted by molar-refractivity contribution is 0.329. The fraction of sp³-hybridized carbons (Fsp3) is 0.545. The summed E-state index contributed by atoms with van der Waals surface area (Å²) >= 11 is 0. The van der Waals surface area contributed by atoms with Crippen molar-refractivity contribution in [2.45, 2.75) is 50.4 Å². The summed E-state index contributed by atoms with van der Waals surface area (Å²) in [6.07, 6.45) is 7.35. The van der Waals surface area contributed by atoms with Gasteiger partial charge in [-0.1, -0.05) is 19.1 Å². The number of anilines is 2. The molecule has 1 fully saturated rings. The third-order valence-corrected chi connectivity index (χ3v) is 6.89. The standard InChI is InChI=1S/C22H29N5/c1-15-2-4-18-20(15)21(26-14-25-18)27-13-22(7-10-24-11-8-22)17-12-16(6-9-23)3-5-19(17)27/h3,5,12,14-15,24H,2,4,6-11,13,23H2,1H3. The Hall–Kier alpha value is -1.98. The van der Waals surface area contributed by atoms with Crippen molar-refractivity contribution < 1.29 is 0 Å². The van der Waals surface area contributed by atoms with Crippen LogP contribution in [0.15, 0.2) is 24.5 Å². The van der Waals surface area contributed by atoms with Crippen LogP contribution in [0.1, 0.15) is 54.5 Å². The predicted molar refractivity (Wildman–Crippen MR) is 109 cm³/mol. The van der Waals surface area contributed by atoms with E-state index < -0.39 is 0 Å². The molecule has 0 radical (unpaired) electrons. The van der Waals surface area contributed by atoms with Gasteiger partial charge in [-0.2, -0.15) is 0 Å². The number of benzene rings is 1. The molecular weight excluding hydrogens is 334 g/mol. The van der Waals surface area contributed by atoms with E-state index in [1.54, 1.807) is 6.33 Å². The second-order valence-corrected chi connectivity index (χ2v) is 8.50. The Morgan fingerprint density at radius 1 is 1.26 bits per heavy atom. The molecule has 5 nitrogen and oxygen atoms in total. The van der Waals surface area contributed by atoms with E-state index in [0.717, 1.165) is 38.3 Å². The van der Waals surface area contributed by atoms with Crippen LogP contribution in [0, 0.1) is 0 Å². The van der Waals surface area contributed by atoms with Gasteiger partial charge in [0.2, 0.25) is 0 Å². The van der Waals surface area contributed by atoms with Crippen molar-refractivity contribution in [3.8, 4) is 0 Å². The van der Waals surface area contributed by atoms with Crippen LogP contribution in [0.5, 0.6) is 0 Å². The van der Waals surface area contributed by atoms with Crippen LogP contribution in [-0.4, -0.2) is 36.1 Å². The third-order valence-electron chi connectivity index (χ3n) is 6.89. The number of aryl methyl sites for hydroxylation is 1. The van der Waals surface area contributed by atoms with E-state index in [1.165, 1.54) is 47.3 Å². The summed E-state index contributed by atoms with van der Waals surface area (Å²) in [4.78, 5) is 11.9. The van der Waals surface area contributed by atoms with Crippen LogP contribution in [0.2, 0.25) is 0 Å². The van der Waals surface area contributed by atoms with Crippen LogP contribution in [0.25, 0.3) is 0 Å². The first-order valence-electron chi connectivity index (χ1n) is 10.4. The Kier molecular flexibility index (Phi) is 4.17. The molecule has 142 valence electrons. The van der Waals surface area contributed by atoms with Gasteiger partial charge in [-0.3, -0.25) is 0 Å². The fourth-order valence-electron chi connectivity index (χ4n) is 5.40. The molecule has 1 aromatic heterocycles. The number of nitrogens with zero attached hydrogens (tertiary/aromatic N) is 3. The zero-order chi connectivity index (χ0) is 18.4. The van der Waals surface area contributed by atoms with Crippen molar-refractivity contribution in [3.63, 3.8) is 0 Å². The SMILES string of the molecule is CC1CCc2ncnc(N3CC4(CCNCC4)c4cc(CCN)ccc43)c21. The highest BCUT2D eigenvalue weighted by Gasteiger charge is 2.45. The second kappa shape index (κ2) is 6.57. The smallest absolute Gasteiger partial charge is 0.140 e. The molecule has 1 aliphatic carbocycles. The second-order valence-electron chi connectivity index (χ2n) is 8.50. The summed E-state index contributed by atoms with van der Waals surface area (Å²) in [6.45, 7) is 6.24. The molecule has 3 heterocycles. The molecule has 2 aliphatic heterocycles. The number of fused-ring (bicyclic) bond motifs is 3. The molecule has 1 atom stereocenters. The van der Waals surface area contributed by atoms with Gasteiger partial charge in [0.05, 0.1) is 0 Å². The molecular formula is C22H29N5. The van der Waals surface area contributed by atoms with E-state index in [9.17, 15) is 0 Å². The van der Waals surface area contributed by atoms with Crippen molar-refractivity contribution in [1.82, 2.24) is 15.3 Å². The summed E-state index contributed by atoms with van der Waals surface area (Å²) in [6, 6.07) is 6.99. The minimum Gasteiger partial charge on any atom is -0.330 e. The molecule has 3 aliphatic rings. The van der Waals surface area contributed by atoms with Crippen molar-refractivity contribution in [2.24, 2.45) is 5.73 Å². The number of hydrogen-bond donors (Lipinski definition) is 2. The molecule has 1 aromatic carbocycles. The maximum Gasteiger partial charge on any atom is 0.140 e. The predicted octanol–water partition coefficient (Wildman–Crippen LogP) is 2.80. The van der Waals surface area contributed by atoms with Gasteiger partial charge in [-0.25, -0.2) is 9.97 Å². The van der Waals surface area contributed by atoms with Crippen molar-refractivity contribution in [3.05, 3.63) is 46.9 Å². The topological polar surface area (TPSA) is 67.1 Å². The molecule has 5 rings (SSSR count). The monoisotopic (exact) mass is 363 g/mol. The first-order chi connectivity index (χ1) is 13.2. The molecule has 0 amide bonds. The highest BCUT2D eigenvalue weighted by Crippen LogP contribution is 2.51. The Morgan fingerprint density at radius 2 is 2.11 bits per heavy atom. The molecule has 1 spiro atoms. The zero-order valence-corrected chi connectivity index (χ0v) is 16.2. The van der Waals surface area contributed by atoms with Crippen molar-refractivity contribution in [2.75, 3.05) is 31.1 Å². The van der Waals surface area contributed by atoms with E-state index in [4.69, 9.17) is 10.7 Å². The van der Waals surface area contributed by atoms with Crippen LogP contribution in [0.3, 0.4) is 0 Å². The van der Waals surface area contributed by atoms with Crippen LogP contribution >= 0.6 is 0 Å². The van der Waals surface area contributed by atoms with E-state index in [2.05, 4.69) is 40.3 Å². The van der Waals surface area contributed by atoms with E-state index in [0.29, 0.717) is 12.5 Å². The lowest BCUT2D eigenvalue weighted by atomic mass is 9.74. The number of piperidine rings is 1. The quantitative estimate of drug-likeness (QED) is 0.878. The molecule has 0 saturated carbocycles. The van der Waals surface area contributed by atoms with E-state index in [-0.39, 0.29) is 5.41 Å². The van der Waals surface area contributed by atoms with Gasteiger partial charge in [0.15, 0.2) is 0 Å². The van der Waals surface area contributed by atoms with Gasteiger partial charge in [0.25, 0.3) is 0 Å². The largest absolute Gasteiger partial charge is 0.330 e. The summed E-state index contributed by atoms with van der Waals surface area (Å²) in [7, 11) is 0. The average Bonchev–Trinajstić information content (AvgIpc) is 3.22. The number of aromatic nitrogens is 2. The maximum absolute atomic E-state index is 5.83. The van der Waals surface area contributed by atoms with E-state index in [1.807, 2.05) is 0 Å². The summed E-state index contributed by atoms with van der Waals surface area (Å²) in [5.74, 6) is 1.69. The van der Waals surface area contributed by atoms with Crippen molar-refractivity contribution >= 4 is 11.5 Å². The number of rotatable bonds is 3. The van der Waals surface area contributed by atoms with Crippen molar-refractivity contribution in [1.29, 1.82) is 0 Å². The zero-order valence-electron chi connectivity index (χ0n) is 16.2. The molecule has 2 aromatic rings. The van der Waals surface area contributed by atoms with Gasteiger partial charge in [-0.15, -0.1) is 0 Å². The van der Waals surface area contributed by atoms with Gasteiger partial charge in [-0.05, 0) is 74.8 Å². The minimum atomic E-state index is 0.227. The minimum absolute atomic E-state index is 0.227. The summed E-state index contributed by atoms with van der Waals surface area (Å²) in [5, 5.41) is 3.55. The van der Waals surface area contributed by atoms with Gasteiger partial charge in [0, 0.05) is 28.9 Å². The Labute approximate surface area is 161 Å². The van der Waals surface area contributed by atoms with Gasteiger partial charge in [0.1, 0.15) is 12.1 Å². The number of hydrogen-bond acceptors (Lipinski definition) is 5. The highest BCUT2D eigenvalue weighted by molar-refractivity contribution is 5.74. The molecule has 1 unspecified atom stereocenters. The molecule has 1 saturated heterocycles. The van der Waals surface area contributed by atoms with Gasteiger partial charge >= 0.3 is 0 Å². The molecule has 0 bridgehead atoms. The molecule has 27 heavy (non-hydrogen) atoms. The molecule has 5 heteroatoms. The average molecular weight is 364 g/mol. The van der Waals surface area contributed by atoms with Crippen LogP contribution in [0.4, 0.5) is 11.5 Å². The first kappa shape index (κ1) is 17.1. The lowest BCUT2D eigenvalue weighted by Crippen LogP contribution is -2.42. The first-order valence-corrected chi connectivity index (χ1v) is 10.4. The maximum atomic E-state index is 5.83. The highest BCUT2D eigenvalue weighted by atomic mass is 15.2. The van der Waals surface area contributed by atoms with Crippen LogP contribution < -0.4 is 16.0 Å².